The number of ether oxygens (including phenoxy) is 1. The molecule has 0 aliphatic carbocycles. The summed E-state index contributed by atoms with van der Waals surface area (Å²) in [5, 5.41) is 2.83. The summed E-state index contributed by atoms with van der Waals surface area (Å²) in [7, 11) is 1.58. The summed E-state index contributed by atoms with van der Waals surface area (Å²) >= 11 is 0. The monoisotopic (exact) mass is 267 g/mol. The first kappa shape index (κ1) is 13.7. The first-order chi connectivity index (χ1) is 9.80. The molecule has 0 atom stereocenters. The zero-order valence-corrected chi connectivity index (χ0v) is 10.9. The highest BCUT2D eigenvalue weighted by molar-refractivity contribution is 5.94. The highest BCUT2D eigenvalue weighted by Crippen LogP contribution is 2.28. The first-order valence-electron chi connectivity index (χ1n) is 6.02. The van der Waals surface area contributed by atoms with Crippen LogP contribution in [0.25, 0.3) is 5.57 Å². The van der Waals surface area contributed by atoms with E-state index in [0.29, 0.717) is 17.6 Å². The highest BCUT2D eigenvalue weighted by Gasteiger charge is 2.12. The number of nitroso groups, excluding NO2 is 1. The summed E-state index contributed by atoms with van der Waals surface area (Å²) in [5.74, 6) is 0.702. The molecule has 20 heavy (non-hydrogen) atoms. The van der Waals surface area contributed by atoms with Gasteiger partial charge in [-0.25, -0.2) is 0 Å². The summed E-state index contributed by atoms with van der Waals surface area (Å²) < 4.78 is 5.10. The van der Waals surface area contributed by atoms with Crippen molar-refractivity contribution in [3.63, 3.8) is 0 Å². The van der Waals surface area contributed by atoms with Crippen LogP contribution in [0.3, 0.4) is 0 Å². The van der Waals surface area contributed by atoms with Crippen molar-refractivity contribution in [2.24, 2.45) is 5.18 Å². The Labute approximate surface area is 116 Å². The Morgan fingerprint density at radius 2 is 1.60 bits per heavy atom. The first-order valence-corrected chi connectivity index (χ1v) is 6.02. The van der Waals surface area contributed by atoms with Gasteiger partial charge >= 0.3 is 0 Å². The molecule has 2 aromatic rings. The third-order valence-corrected chi connectivity index (χ3v) is 2.91. The van der Waals surface area contributed by atoms with E-state index in [9.17, 15) is 9.70 Å². The van der Waals surface area contributed by atoms with Gasteiger partial charge in [0.2, 0.25) is 0 Å². The van der Waals surface area contributed by atoms with E-state index in [4.69, 9.17) is 4.74 Å². The maximum atomic E-state index is 11.1. The van der Waals surface area contributed by atoms with Crippen molar-refractivity contribution in [3.8, 4) is 5.75 Å². The molecule has 2 rings (SSSR count). The van der Waals surface area contributed by atoms with Crippen LogP contribution in [0.4, 0.5) is 0 Å². The minimum Gasteiger partial charge on any atom is -0.497 e. The van der Waals surface area contributed by atoms with Gasteiger partial charge in [-0.1, -0.05) is 42.5 Å². The predicted octanol–water partition coefficient (Wildman–Crippen LogP) is 3.42. The van der Waals surface area contributed by atoms with Crippen LogP contribution in [0.1, 0.15) is 11.1 Å². The maximum absolute atomic E-state index is 11.1. The van der Waals surface area contributed by atoms with Gasteiger partial charge in [0.15, 0.2) is 12.0 Å². The highest BCUT2D eigenvalue weighted by atomic mass is 16.5. The summed E-state index contributed by atoms with van der Waals surface area (Å²) in [6.45, 7) is 0. The van der Waals surface area contributed by atoms with Crippen molar-refractivity contribution >= 4 is 11.9 Å². The molecule has 0 aliphatic heterocycles. The molecule has 0 spiro atoms. The van der Waals surface area contributed by atoms with E-state index in [0.717, 1.165) is 11.1 Å². The van der Waals surface area contributed by atoms with Gasteiger partial charge in [0, 0.05) is 5.57 Å². The fourth-order valence-corrected chi connectivity index (χ4v) is 1.95. The predicted molar refractivity (Wildman–Crippen MR) is 77.3 cm³/mol. The number of carbonyl (C=O) groups is 1. The zero-order chi connectivity index (χ0) is 14.4. The van der Waals surface area contributed by atoms with E-state index in [2.05, 4.69) is 5.18 Å². The van der Waals surface area contributed by atoms with Crippen LogP contribution in [0.2, 0.25) is 0 Å². The van der Waals surface area contributed by atoms with Crippen molar-refractivity contribution in [2.75, 3.05) is 7.11 Å². The normalized spacial score (nSPS) is 11.4. The van der Waals surface area contributed by atoms with Gasteiger partial charge in [-0.05, 0) is 28.4 Å². The standard InChI is InChI=1S/C16H13NO3/c1-20-14-9-7-13(8-10-14)16(15(11-18)17-19)12-5-3-2-4-6-12/h2-11H,1H3/b16-15-. The molecule has 0 saturated carbocycles. The second-order valence-electron chi connectivity index (χ2n) is 4.06. The number of rotatable bonds is 5. The Balaban J connectivity index is 2.60. The minimum absolute atomic E-state index is 0.124. The second-order valence-corrected chi connectivity index (χ2v) is 4.06. The number of allylic oxidation sites excluding steroid dienone is 1. The van der Waals surface area contributed by atoms with Crippen molar-refractivity contribution < 1.29 is 9.53 Å². The lowest BCUT2D eigenvalue weighted by Crippen LogP contribution is -1.94. The van der Waals surface area contributed by atoms with E-state index < -0.39 is 0 Å². The van der Waals surface area contributed by atoms with Crippen molar-refractivity contribution in [3.05, 3.63) is 76.3 Å². The summed E-state index contributed by atoms with van der Waals surface area (Å²) in [6, 6.07) is 16.3. The van der Waals surface area contributed by atoms with Crippen molar-refractivity contribution in [1.29, 1.82) is 0 Å². The molecule has 2 aromatic carbocycles. The van der Waals surface area contributed by atoms with Gasteiger partial charge in [0.25, 0.3) is 0 Å². The molecule has 0 N–H and O–H groups in total. The minimum atomic E-state index is -0.124. The van der Waals surface area contributed by atoms with Crippen molar-refractivity contribution in [1.82, 2.24) is 0 Å². The molecule has 0 radical (unpaired) electrons. The number of benzene rings is 2. The molecule has 100 valence electrons. The SMILES string of the molecule is COc1ccc(/C(=C(/C=O)N=O)c2ccccc2)cc1. The van der Waals surface area contributed by atoms with E-state index in [-0.39, 0.29) is 5.70 Å². The summed E-state index contributed by atoms with van der Waals surface area (Å²) in [6.07, 6.45) is 0.472. The molecule has 4 nitrogen and oxygen atoms in total. The van der Waals surface area contributed by atoms with Crippen molar-refractivity contribution in [2.45, 2.75) is 0 Å². The average molecular weight is 267 g/mol. The van der Waals surface area contributed by atoms with Crippen LogP contribution < -0.4 is 4.74 Å². The average Bonchev–Trinajstić information content (AvgIpc) is 2.53. The van der Waals surface area contributed by atoms with Gasteiger partial charge in [0.05, 0.1) is 7.11 Å². The Morgan fingerprint density at radius 3 is 2.10 bits per heavy atom. The van der Waals surface area contributed by atoms with E-state index in [1.807, 2.05) is 30.3 Å². The Bertz CT molecular complexity index is 621. The fourth-order valence-electron chi connectivity index (χ4n) is 1.95. The molecular formula is C16H13NO3. The lowest BCUT2D eigenvalue weighted by molar-refractivity contribution is -0.104. The number of methoxy groups -OCH3 is 1. The maximum Gasteiger partial charge on any atom is 0.172 e. The van der Waals surface area contributed by atoms with Crippen LogP contribution in [0.15, 0.2) is 65.5 Å². The number of hydrogen-bond donors (Lipinski definition) is 0. The lowest BCUT2D eigenvalue weighted by atomic mass is 9.96. The molecule has 0 amide bonds. The smallest absolute Gasteiger partial charge is 0.172 e. The zero-order valence-electron chi connectivity index (χ0n) is 10.9. The third kappa shape index (κ3) is 2.80. The van der Waals surface area contributed by atoms with Gasteiger partial charge in [0.1, 0.15) is 5.75 Å². The lowest BCUT2D eigenvalue weighted by Gasteiger charge is -2.09. The Morgan fingerprint density at radius 1 is 1.00 bits per heavy atom. The molecule has 0 bridgehead atoms. The molecule has 0 unspecified atom stereocenters. The van der Waals surface area contributed by atoms with E-state index in [1.54, 1.807) is 31.4 Å². The van der Waals surface area contributed by atoms with Crippen LogP contribution in [-0.4, -0.2) is 13.4 Å². The molecule has 0 fully saturated rings. The topological polar surface area (TPSA) is 55.7 Å². The number of nitrogens with zero attached hydrogens (tertiary/aromatic N) is 1. The van der Waals surface area contributed by atoms with Crippen LogP contribution in [0.5, 0.6) is 5.75 Å². The number of carbonyl (C=O) groups excluding carboxylic acids is 1. The van der Waals surface area contributed by atoms with Gasteiger partial charge < -0.3 is 4.74 Å². The second kappa shape index (κ2) is 6.43. The molecule has 0 saturated heterocycles. The summed E-state index contributed by atoms with van der Waals surface area (Å²) in [4.78, 5) is 22.0. The van der Waals surface area contributed by atoms with Crippen LogP contribution >= 0.6 is 0 Å². The molecule has 0 aliphatic rings. The third-order valence-electron chi connectivity index (χ3n) is 2.91. The largest absolute Gasteiger partial charge is 0.497 e. The number of aldehydes is 1. The number of hydrogen-bond acceptors (Lipinski definition) is 4. The Hall–Kier alpha value is -2.75. The fraction of sp³-hybridized carbons (Fsp3) is 0.0625. The van der Waals surface area contributed by atoms with Gasteiger partial charge in [-0.3, -0.25) is 4.79 Å². The van der Waals surface area contributed by atoms with Crippen LogP contribution in [0, 0.1) is 4.91 Å². The summed E-state index contributed by atoms with van der Waals surface area (Å²) in [5.41, 5.74) is 1.89. The quantitative estimate of drug-likeness (QED) is 0.474. The van der Waals surface area contributed by atoms with Gasteiger partial charge in [-0.2, -0.15) is 0 Å². The van der Waals surface area contributed by atoms with E-state index in [1.165, 1.54) is 0 Å². The molecular weight excluding hydrogens is 254 g/mol. The van der Waals surface area contributed by atoms with Gasteiger partial charge in [-0.15, -0.1) is 4.91 Å². The van der Waals surface area contributed by atoms with Crippen LogP contribution in [-0.2, 0) is 4.79 Å². The molecule has 0 heterocycles. The Kier molecular flexibility index (Phi) is 4.39. The molecule has 4 heteroatoms. The van der Waals surface area contributed by atoms with E-state index >= 15 is 0 Å². The molecule has 0 aromatic heterocycles.